The largest absolute Gasteiger partial charge is 0.325 e. The van der Waals surface area contributed by atoms with Crippen LogP contribution in [0, 0.1) is 12.8 Å². The van der Waals surface area contributed by atoms with Crippen LogP contribution in [0.15, 0.2) is 65.6 Å². The van der Waals surface area contributed by atoms with Crippen LogP contribution in [0.3, 0.4) is 0 Å². The highest BCUT2D eigenvalue weighted by molar-refractivity contribution is 7.89. The van der Waals surface area contributed by atoms with Gasteiger partial charge in [0.25, 0.3) is 0 Å². The first-order chi connectivity index (χ1) is 14.4. The molecule has 1 N–H and O–H groups in total. The third kappa shape index (κ3) is 4.08. The van der Waals surface area contributed by atoms with E-state index in [9.17, 15) is 13.2 Å². The Morgan fingerprint density at radius 1 is 1.10 bits per heavy atom. The molecular formula is C23H23ClN2O3S. The Morgan fingerprint density at radius 3 is 2.67 bits per heavy atom. The van der Waals surface area contributed by atoms with Gasteiger partial charge in [0.2, 0.25) is 15.9 Å². The van der Waals surface area contributed by atoms with Gasteiger partial charge in [-0.1, -0.05) is 54.1 Å². The van der Waals surface area contributed by atoms with E-state index < -0.39 is 15.9 Å². The molecule has 156 valence electrons. The van der Waals surface area contributed by atoms with Crippen molar-refractivity contribution >= 4 is 44.0 Å². The summed E-state index contributed by atoms with van der Waals surface area (Å²) in [5, 5.41) is 5.42. The van der Waals surface area contributed by atoms with Gasteiger partial charge in [-0.25, -0.2) is 8.42 Å². The zero-order valence-corrected chi connectivity index (χ0v) is 18.2. The maximum absolute atomic E-state index is 13.1. The number of fused-ring (bicyclic) bond motifs is 1. The summed E-state index contributed by atoms with van der Waals surface area (Å²) in [4.78, 5) is 13.1. The summed E-state index contributed by atoms with van der Waals surface area (Å²) in [6, 6.07) is 18.3. The summed E-state index contributed by atoms with van der Waals surface area (Å²) in [6.45, 7) is 2.38. The Bertz CT molecular complexity index is 1200. The molecule has 0 aliphatic carbocycles. The number of hydrogen-bond acceptors (Lipinski definition) is 3. The van der Waals surface area contributed by atoms with Crippen molar-refractivity contribution in [2.45, 2.75) is 24.7 Å². The number of nitrogens with zero attached hydrogens (tertiary/aromatic N) is 1. The number of carbonyl (C=O) groups is 1. The van der Waals surface area contributed by atoms with E-state index in [1.165, 1.54) is 10.4 Å². The minimum Gasteiger partial charge on any atom is -0.325 e. The van der Waals surface area contributed by atoms with Gasteiger partial charge < -0.3 is 5.32 Å². The smallest absolute Gasteiger partial charge is 0.243 e. The van der Waals surface area contributed by atoms with Crippen LogP contribution < -0.4 is 5.32 Å². The SMILES string of the molecule is Cc1ccc(S(=O)(=O)N2CCC[C@H](C(=O)Nc3cccc4ccccc34)C2)cc1Cl. The van der Waals surface area contributed by atoms with E-state index in [4.69, 9.17) is 11.6 Å². The van der Waals surface area contributed by atoms with E-state index in [1.54, 1.807) is 12.1 Å². The third-order valence-corrected chi connectivity index (χ3v) is 7.85. The van der Waals surface area contributed by atoms with Crippen molar-refractivity contribution in [3.63, 3.8) is 0 Å². The lowest BCUT2D eigenvalue weighted by atomic mass is 9.98. The minimum absolute atomic E-state index is 0.157. The van der Waals surface area contributed by atoms with Crippen molar-refractivity contribution < 1.29 is 13.2 Å². The second-order valence-electron chi connectivity index (χ2n) is 7.63. The van der Waals surface area contributed by atoms with Crippen molar-refractivity contribution in [2.24, 2.45) is 5.92 Å². The molecule has 1 aliphatic rings. The van der Waals surface area contributed by atoms with Crippen LogP contribution in [0.2, 0.25) is 5.02 Å². The molecule has 3 aromatic carbocycles. The zero-order chi connectivity index (χ0) is 21.3. The fourth-order valence-electron chi connectivity index (χ4n) is 3.83. The van der Waals surface area contributed by atoms with Gasteiger partial charge in [0.1, 0.15) is 0 Å². The standard InChI is InChI=1S/C23H23ClN2O3S/c1-16-11-12-19(14-21(16)24)30(28,29)26-13-5-8-18(15-26)23(27)25-22-10-4-7-17-6-2-3-9-20(17)22/h2-4,6-7,9-12,14,18H,5,8,13,15H2,1H3,(H,25,27)/t18-/m0/s1. The maximum Gasteiger partial charge on any atom is 0.243 e. The van der Waals surface area contributed by atoms with E-state index >= 15 is 0 Å². The lowest BCUT2D eigenvalue weighted by Gasteiger charge is -2.31. The van der Waals surface area contributed by atoms with E-state index in [2.05, 4.69) is 5.32 Å². The molecule has 1 saturated heterocycles. The summed E-state index contributed by atoms with van der Waals surface area (Å²) in [5.74, 6) is -0.568. The lowest BCUT2D eigenvalue weighted by molar-refractivity contribution is -0.120. The summed E-state index contributed by atoms with van der Waals surface area (Å²) in [5.41, 5.74) is 1.56. The first-order valence-electron chi connectivity index (χ1n) is 9.91. The predicted molar refractivity (Wildman–Crippen MR) is 120 cm³/mol. The Hall–Kier alpha value is -2.41. The number of halogens is 1. The second kappa shape index (κ2) is 8.38. The summed E-state index contributed by atoms with van der Waals surface area (Å²) < 4.78 is 27.6. The summed E-state index contributed by atoms with van der Waals surface area (Å²) in [7, 11) is -3.71. The van der Waals surface area contributed by atoms with Crippen molar-refractivity contribution in [2.75, 3.05) is 18.4 Å². The summed E-state index contributed by atoms with van der Waals surface area (Å²) >= 11 is 6.13. The first-order valence-corrected chi connectivity index (χ1v) is 11.7. The van der Waals surface area contributed by atoms with Crippen LogP contribution in [0.1, 0.15) is 18.4 Å². The molecule has 3 aromatic rings. The van der Waals surface area contributed by atoms with Crippen LogP contribution in [-0.4, -0.2) is 31.7 Å². The maximum atomic E-state index is 13.1. The van der Waals surface area contributed by atoms with E-state index in [0.29, 0.717) is 24.4 Å². The van der Waals surface area contributed by atoms with Crippen molar-refractivity contribution in [1.29, 1.82) is 0 Å². The zero-order valence-electron chi connectivity index (χ0n) is 16.6. The number of aryl methyl sites for hydroxylation is 1. The Morgan fingerprint density at radius 2 is 1.87 bits per heavy atom. The molecule has 0 aromatic heterocycles. The van der Waals surface area contributed by atoms with Crippen molar-refractivity contribution in [3.05, 3.63) is 71.2 Å². The van der Waals surface area contributed by atoms with Crippen LogP contribution in [-0.2, 0) is 14.8 Å². The van der Waals surface area contributed by atoms with Crippen LogP contribution >= 0.6 is 11.6 Å². The van der Waals surface area contributed by atoms with Crippen molar-refractivity contribution in [3.8, 4) is 0 Å². The molecule has 0 saturated carbocycles. The Labute approximate surface area is 181 Å². The van der Waals surface area contributed by atoms with Crippen LogP contribution in [0.5, 0.6) is 0 Å². The molecule has 0 spiro atoms. The third-order valence-electron chi connectivity index (χ3n) is 5.58. The molecular weight excluding hydrogens is 420 g/mol. The highest BCUT2D eigenvalue weighted by Crippen LogP contribution is 2.28. The second-order valence-corrected chi connectivity index (χ2v) is 9.97. The fraction of sp³-hybridized carbons (Fsp3) is 0.261. The molecule has 4 rings (SSSR count). The highest BCUT2D eigenvalue weighted by Gasteiger charge is 2.33. The molecule has 5 nitrogen and oxygen atoms in total. The molecule has 0 unspecified atom stereocenters. The van der Waals surface area contributed by atoms with Crippen LogP contribution in [0.25, 0.3) is 10.8 Å². The summed E-state index contributed by atoms with van der Waals surface area (Å²) in [6.07, 6.45) is 1.28. The molecule has 7 heteroatoms. The Kier molecular flexibility index (Phi) is 5.82. The van der Waals surface area contributed by atoms with Gasteiger partial charge >= 0.3 is 0 Å². The number of carbonyl (C=O) groups excluding carboxylic acids is 1. The topological polar surface area (TPSA) is 66.5 Å². The number of hydrogen-bond donors (Lipinski definition) is 1. The number of sulfonamides is 1. The number of rotatable bonds is 4. The molecule has 1 atom stereocenters. The van der Waals surface area contributed by atoms with Crippen molar-refractivity contribution in [1.82, 2.24) is 4.31 Å². The average molecular weight is 443 g/mol. The molecule has 0 bridgehead atoms. The number of benzene rings is 3. The predicted octanol–water partition coefficient (Wildman–Crippen LogP) is 4.84. The first kappa shape index (κ1) is 20.8. The number of nitrogens with one attached hydrogen (secondary N) is 1. The molecule has 1 aliphatic heterocycles. The minimum atomic E-state index is -3.71. The highest BCUT2D eigenvalue weighted by atomic mass is 35.5. The molecule has 0 radical (unpaired) electrons. The van der Waals surface area contributed by atoms with Gasteiger partial charge in [0.05, 0.1) is 10.8 Å². The van der Waals surface area contributed by atoms with Gasteiger partial charge in [0.15, 0.2) is 0 Å². The monoisotopic (exact) mass is 442 g/mol. The van der Waals surface area contributed by atoms with E-state index in [0.717, 1.165) is 22.0 Å². The van der Waals surface area contributed by atoms with Gasteiger partial charge in [-0.05, 0) is 48.9 Å². The van der Waals surface area contributed by atoms with Gasteiger partial charge in [0, 0.05) is 29.2 Å². The quantitative estimate of drug-likeness (QED) is 0.628. The van der Waals surface area contributed by atoms with Crippen LogP contribution in [0.4, 0.5) is 5.69 Å². The Balaban J connectivity index is 1.53. The molecule has 1 heterocycles. The van der Waals surface area contributed by atoms with E-state index in [1.807, 2.05) is 49.4 Å². The number of anilines is 1. The number of amides is 1. The lowest BCUT2D eigenvalue weighted by Crippen LogP contribution is -2.43. The normalized spacial score (nSPS) is 17.7. The van der Waals surface area contributed by atoms with Gasteiger partial charge in [-0.15, -0.1) is 0 Å². The fourth-order valence-corrected chi connectivity index (χ4v) is 5.62. The number of piperidine rings is 1. The molecule has 30 heavy (non-hydrogen) atoms. The average Bonchev–Trinajstić information content (AvgIpc) is 2.76. The van der Waals surface area contributed by atoms with Gasteiger partial charge in [-0.3, -0.25) is 4.79 Å². The molecule has 1 fully saturated rings. The van der Waals surface area contributed by atoms with E-state index in [-0.39, 0.29) is 17.3 Å². The van der Waals surface area contributed by atoms with Gasteiger partial charge in [-0.2, -0.15) is 4.31 Å². The molecule has 1 amide bonds.